The molecular weight excluding hydrogens is 378 g/mol. The van der Waals surface area contributed by atoms with Crippen molar-refractivity contribution in [2.45, 2.75) is 32.9 Å². The van der Waals surface area contributed by atoms with E-state index in [-0.39, 0.29) is 5.91 Å². The quantitative estimate of drug-likeness (QED) is 0.484. The van der Waals surface area contributed by atoms with Crippen LogP contribution in [0.5, 0.6) is 5.75 Å². The van der Waals surface area contributed by atoms with E-state index in [1.54, 1.807) is 7.11 Å². The van der Waals surface area contributed by atoms with Crippen LogP contribution in [-0.2, 0) is 11.3 Å². The van der Waals surface area contributed by atoms with E-state index in [1.807, 2.05) is 42.5 Å². The maximum atomic E-state index is 11.3. The Bertz CT molecular complexity index is 883. The molecule has 0 aliphatic carbocycles. The van der Waals surface area contributed by atoms with Crippen LogP contribution in [0.2, 0.25) is 0 Å². The van der Waals surface area contributed by atoms with Gasteiger partial charge in [-0.1, -0.05) is 24.3 Å². The average Bonchev–Trinajstić information content (AvgIpc) is 3.20. The number of aliphatic imine (C=N–C) groups is 1. The molecular formula is C23H31N5O2. The summed E-state index contributed by atoms with van der Waals surface area (Å²) in [5.41, 5.74) is 2.96. The second-order valence-electron chi connectivity index (χ2n) is 7.32. The predicted octanol–water partition coefficient (Wildman–Crippen LogP) is 2.99. The lowest BCUT2D eigenvalue weighted by Crippen LogP contribution is -2.44. The maximum absolute atomic E-state index is 11.3. The fourth-order valence-corrected chi connectivity index (χ4v) is 3.62. The Morgan fingerprint density at radius 3 is 2.83 bits per heavy atom. The molecule has 3 rings (SSSR count). The molecule has 1 aliphatic rings. The Kier molecular flexibility index (Phi) is 7.54. The van der Waals surface area contributed by atoms with Gasteiger partial charge in [0.15, 0.2) is 5.96 Å². The molecule has 0 saturated carbocycles. The number of para-hydroxylation sites is 2. The highest BCUT2D eigenvalue weighted by Crippen LogP contribution is 2.30. The number of anilines is 2. The molecule has 7 heteroatoms. The van der Waals surface area contributed by atoms with Gasteiger partial charge >= 0.3 is 0 Å². The van der Waals surface area contributed by atoms with Crippen LogP contribution in [0, 0.1) is 0 Å². The number of nitrogens with one attached hydrogen (secondary N) is 3. The molecule has 1 atom stereocenters. The number of guanidine groups is 1. The van der Waals surface area contributed by atoms with Crippen LogP contribution in [-0.4, -0.2) is 44.7 Å². The molecule has 1 heterocycles. The van der Waals surface area contributed by atoms with Crippen LogP contribution >= 0.6 is 0 Å². The van der Waals surface area contributed by atoms with Crippen molar-refractivity contribution in [1.82, 2.24) is 10.6 Å². The molecule has 2 aromatic carbocycles. The molecule has 1 fully saturated rings. The highest BCUT2D eigenvalue weighted by molar-refractivity contribution is 5.88. The van der Waals surface area contributed by atoms with Crippen molar-refractivity contribution in [3.8, 4) is 5.75 Å². The SMILES string of the molecule is CCNC(=NCc1cccc(NC(C)=O)c1)NC1CCN(c2ccccc2OC)C1. The minimum atomic E-state index is -0.0773. The van der Waals surface area contributed by atoms with Crippen molar-refractivity contribution >= 4 is 23.2 Å². The summed E-state index contributed by atoms with van der Waals surface area (Å²) in [5, 5.41) is 9.70. The fourth-order valence-electron chi connectivity index (χ4n) is 3.62. The zero-order valence-electron chi connectivity index (χ0n) is 17.9. The average molecular weight is 410 g/mol. The third-order valence-electron chi connectivity index (χ3n) is 4.97. The number of methoxy groups -OCH3 is 1. The first-order valence-corrected chi connectivity index (χ1v) is 10.4. The number of carbonyl (C=O) groups excluding carboxylic acids is 1. The van der Waals surface area contributed by atoms with Gasteiger partial charge in [0, 0.05) is 38.3 Å². The Hall–Kier alpha value is -3.22. The van der Waals surface area contributed by atoms with Crippen LogP contribution in [0.4, 0.5) is 11.4 Å². The van der Waals surface area contributed by atoms with Gasteiger partial charge in [0.1, 0.15) is 5.75 Å². The normalized spacial score (nSPS) is 16.3. The third kappa shape index (κ3) is 5.89. The number of ether oxygens (including phenoxy) is 1. The largest absolute Gasteiger partial charge is 0.495 e. The summed E-state index contributed by atoms with van der Waals surface area (Å²) >= 11 is 0. The molecule has 7 nitrogen and oxygen atoms in total. The summed E-state index contributed by atoms with van der Waals surface area (Å²) in [4.78, 5) is 18.3. The molecule has 0 bridgehead atoms. The number of hydrogen-bond donors (Lipinski definition) is 3. The molecule has 1 amide bonds. The van der Waals surface area contributed by atoms with Gasteiger partial charge in [0.2, 0.25) is 5.91 Å². The second-order valence-corrected chi connectivity index (χ2v) is 7.32. The minimum Gasteiger partial charge on any atom is -0.495 e. The van der Waals surface area contributed by atoms with Gasteiger partial charge in [-0.15, -0.1) is 0 Å². The van der Waals surface area contributed by atoms with Gasteiger partial charge < -0.3 is 25.6 Å². The van der Waals surface area contributed by atoms with Crippen LogP contribution in [0.25, 0.3) is 0 Å². The van der Waals surface area contributed by atoms with Crippen molar-refractivity contribution in [2.24, 2.45) is 4.99 Å². The predicted molar refractivity (Wildman–Crippen MR) is 122 cm³/mol. The van der Waals surface area contributed by atoms with Crippen LogP contribution in [0.1, 0.15) is 25.8 Å². The van der Waals surface area contributed by atoms with Gasteiger partial charge in [0.25, 0.3) is 0 Å². The number of rotatable bonds is 7. The Balaban J connectivity index is 1.62. The van der Waals surface area contributed by atoms with E-state index in [2.05, 4.69) is 33.8 Å². The van der Waals surface area contributed by atoms with Gasteiger partial charge in [-0.3, -0.25) is 4.79 Å². The maximum Gasteiger partial charge on any atom is 0.221 e. The lowest BCUT2D eigenvalue weighted by molar-refractivity contribution is -0.114. The zero-order chi connectivity index (χ0) is 21.3. The number of amides is 1. The molecule has 30 heavy (non-hydrogen) atoms. The van der Waals surface area contributed by atoms with Crippen LogP contribution in [0.15, 0.2) is 53.5 Å². The van der Waals surface area contributed by atoms with E-state index in [0.717, 1.165) is 54.7 Å². The van der Waals surface area contributed by atoms with E-state index in [1.165, 1.54) is 6.92 Å². The second kappa shape index (κ2) is 10.5. The Labute approximate surface area is 178 Å². The fraction of sp³-hybridized carbons (Fsp3) is 0.391. The molecule has 2 aromatic rings. The summed E-state index contributed by atoms with van der Waals surface area (Å²) in [7, 11) is 1.71. The molecule has 3 N–H and O–H groups in total. The molecule has 1 aliphatic heterocycles. The van der Waals surface area contributed by atoms with Crippen LogP contribution < -0.4 is 25.6 Å². The highest BCUT2D eigenvalue weighted by Gasteiger charge is 2.25. The zero-order valence-corrected chi connectivity index (χ0v) is 17.9. The van der Waals surface area contributed by atoms with E-state index in [4.69, 9.17) is 9.73 Å². The smallest absolute Gasteiger partial charge is 0.221 e. The molecule has 0 aromatic heterocycles. The molecule has 1 saturated heterocycles. The number of nitrogens with zero attached hydrogens (tertiary/aromatic N) is 2. The van der Waals surface area contributed by atoms with Gasteiger partial charge in [-0.25, -0.2) is 4.99 Å². The number of carbonyl (C=O) groups is 1. The summed E-state index contributed by atoms with van der Waals surface area (Å²) in [6.45, 7) is 6.75. The number of hydrogen-bond acceptors (Lipinski definition) is 4. The molecule has 1 unspecified atom stereocenters. The van der Waals surface area contributed by atoms with Crippen molar-refractivity contribution in [3.05, 3.63) is 54.1 Å². The lowest BCUT2D eigenvalue weighted by atomic mass is 10.2. The standard InChI is InChI=1S/C23H31N5O2/c1-4-24-23(25-15-18-8-7-9-19(14-18)26-17(2)29)27-20-12-13-28(16-20)21-10-5-6-11-22(21)30-3/h5-11,14,20H,4,12-13,15-16H2,1-3H3,(H,26,29)(H2,24,25,27). The van der Waals surface area contributed by atoms with Crippen molar-refractivity contribution in [1.29, 1.82) is 0 Å². The molecule has 0 spiro atoms. The van der Waals surface area contributed by atoms with Gasteiger partial charge in [0.05, 0.1) is 19.3 Å². The number of benzene rings is 2. The van der Waals surface area contributed by atoms with Gasteiger partial charge in [-0.05, 0) is 43.2 Å². The van der Waals surface area contributed by atoms with Crippen LogP contribution in [0.3, 0.4) is 0 Å². The topological polar surface area (TPSA) is 78.0 Å². The van der Waals surface area contributed by atoms with E-state index in [0.29, 0.717) is 12.6 Å². The summed E-state index contributed by atoms with van der Waals surface area (Å²) in [5.74, 6) is 1.62. The first kappa shape index (κ1) is 21.5. The van der Waals surface area contributed by atoms with E-state index < -0.39 is 0 Å². The van der Waals surface area contributed by atoms with Crippen molar-refractivity contribution in [3.63, 3.8) is 0 Å². The van der Waals surface area contributed by atoms with E-state index >= 15 is 0 Å². The minimum absolute atomic E-state index is 0.0773. The Morgan fingerprint density at radius 1 is 1.23 bits per heavy atom. The van der Waals surface area contributed by atoms with Gasteiger partial charge in [-0.2, -0.15) is 0 Å². The highest BCUT2D eigenvalue weighted by atomic mass is 16.5. The van der Waals surface area contributed by atoms with Crippen molar-refractivity contribution in [2.75, 3.05) is 37.0 Å². The summed E-state index contributed by atoms with van der Waals surface area (Å²) in [6.07, 6.45) is 1.03. The molecule has 160 valence electrons. The monoisotopic (exact) mass is 409 g/mol. The summed E-state index contributed by atoms with van der Waals surface area (Å²) in [6, 6.07) is 16.2. The van der Waals surface area contributed by atoms with E-state index in [9.17, 15) is 4.79 Å². The third-order valence-corrected chi connectivity index (χ3v) is 4.97. The lowest BCUT2D eigenvalue weighted by Gasteiger charge is -2.22. The Morgan fingerprint density at radius 2 is 2.07 bits per heavy atom. The summed E-state index contributed by atoms with van der Waals surface area (Å²) < 4.78 is 5.51. The first-order chi connectivity index (χ1) is 14.6. The van der Waals surface area contributed by atoms with Crippen molar-refractivity contribution < 1.29 is 9.53 Å². The molecule has 0 radical (unpaired) electrons. The first-order valence-electron chi connectivity index (χ1n) is 10.4.